The third-order valence-electron chi connectivity index (χ3n) is 2.87. The quantitative estimate of drug-likeness (QED) is 0.642. The number of hydrogen-bond acceptors (Lipinski definition) is 4. The number of carbonyl (C=O) groups excluding carboxylic acids is 2. The molecule has 2 heterocycles. The molecule has 0 bridgehead atoms. The lowest BCUT2D eigenvalue weighted by Crippen LogP contribution is -2.58. The minimum Gasteiger partial charge on any atom is -0.368 e. The number of nitrogens with two attached hydrogens (primary N) is 1. The van der Waals surface area contributed by atoms with Crippen molar-refractivity contribution in [2.45, 2.75) is 6.04 Å². The molecule has 1 aromatic rings. The standard InChI is InChI=1S/C10H15N5O2/c1-14-6-13-5-8(14)10(17)15-3-2-12-4-7(15)9(11)16/h5-7,12H,2-4H2,1H3,(H2,11,16). The van der Waals surface area contributed by atoms with Gasteiger partial charge >= 0.3 is 0 Å². The molecule has 0 aromatic carbocycles. The molecule has 0 aliphatic carbocycles. The molecule has 1 saturated heterocycles. The molecule has 1 unspecified atom stereocenters. The molecule has 1 aromatic heterocycles. The van der Waals surface area contributed by atoms with E-state index in [-0.39, 0.29) is 5.91 Å². The molecule has 1 fully saturated rings. The lowest BCUT2D eigenvalue weighted by molar-refractivity contribution is -0.122. The van der Waals surface area contributed by atoms with Crippen molar-refractivity contribution in [3.63, 3.8) is 0 Å². The van der Waals surface area contributed by atoms with Crippen LogP contribution in [-0.2, 0) is 11.8 Å². The van der Waals surface area contributed by atoms with Gasteiger partial charge in [0.15, 0.2) is 0 Å². The van der Waals surface area contributed by atoms with E-state index in [2.05, 4.69) is 10.3 Å². The van der Waals surface area contributed by atoms with Crippen LogP contribution >= 0.6 is 0 Å². The summed E-state index contributed by atoms with van der Waals surface area (Å²) in [5.74, 6) is -0.706. The highest BCUT2D eigenvalue weighted by Crippen LogP contribution is 2.09. The zero-order valence-corrected chi connectivity index (χ0v) is 9.59. The maximum absolute atomic E-state index is 12.2. The van der Waals surface area contributed by atoms with E-state index in [0.717, 1.165) is 0 Å². The van der Waals surface area contributed by atoms with Crippen molar-refractivity contribution in [3.8, 4) is 0 Å². The summed E-state index contributed by atoms with van der Waals surface area (Å²) in [6.45, 7) is 1.53. The maximum atomic E-state index is 12.2. The van der Waals surface area contributed by atoms with E-state index in [4.69, 9.17) is 5.73 Å². The van der Waals surface area contributed by atoms with Crippen molar-refractivity contribution in [2.24, 2.45) is 12.8 Å². The van der Waals surface area contributed by atoms with Crippen LogP contribution in [-0.4, -0.2) is 51.9 Å². The SMILES string of the molecule is Cn1cncc1C(=O)N1CCNCC1C(N)=O. The topological polar surface area (TPSA) is 93.2 Å². The van der Waals surface area contributed by atoms with Crippen molar-refractivity contribution < 1.29 is 9.59 Å². The molecule has 92 valence electrons. The Labute approximate surface area is 98.6 Å². The first kappa shape index (κ1) is 11.6. The largest absolute Gasteiger partial charge is 0.368 e. The fraction of sp³-hybridized carbons (Fsp3) is 0.500. The number of carbonyl (C=O) groups is 2. The first-order valence-corrected chi connectivity index (χ1v) is 5.38. The fourth-order valence-corrected chi connectivity index (χ4v) is 1.91. The first-order chi connectivity index (χ1) is 8.11. The summed E-state index contributed by atoms with van der Waals surface area (Å²) in [6, 6.07) is -0.592. The second-order valence-corrected chi connectivity index (χ2v) is 4.01. The summed E-state index contributed by atoms with van der Waals surface area (Å²) in [5, 5.41) is 3.04. The number of primary amides is 1. The fourth-order valence-electron chi connectivity index (χ4n) is 1.91. The van der Waals surface area contributed by atoms with Crippen molar-refractivity contribution >= 4 is 11.8 Å². The number of rotatable bonds is 2. The zero-order chi connectivity index (χ0) is 12.4. The van der Waals surface area contributed by atoms with Crippen LogP contribution in [0.2, 0.25) is 0 Å². The Kier molecular flexibility index (Phi) is 3.10. The van der Waals surface area contributed by atoms with Gasteiger partial charge in [0.2, 0.25) is 5.91 Å². The van der Waals surface area contributed by atoms with E-state index in [1.165, 1.54) is 11.1 Å². The Morgan fingerprint density at radius 2 is 2.35 bits per heavy atom. The average molecular weight is 237 g/mol. The van der Waals surface area contributed by atoms with Gasteiger partial charge in [0.05, 0.1) is 12.5 Å². The lowest BCUT2D eigenvalue weighted by Gasteiger charge is -2.34. The minimum atomic E-state index is -0.592. The molecule has 3 N–H and O–H groups in total. The molecule has 0 saturated carbocycles. The molecule has 2 amide bonds. The van der Waals surface area contributed by atoms with E-state index in [0.29, 0.717) is 25.3 Å². The summed E-state index contributed by atoms with van der Waals surface area (Å²) in [7, 11) is 1.74. The van der Waals surface area contributed by atoms with Crippen molar-refractivity contribution in [3.05, 3.63) is 18.2 Å². The molecular weight excluding hydrogens is 222 g/mol. The van der Waals surface area contributed by atoms with Gasteiger partial charge in [0, 0.05) is 26.7 Å². The monoisotopic (exact) mass is 237 g/mol. The third-order valence-corrected chi connectivity index (χ3v) is 2.87. The molecule has 1 atom stereocenters. The van der Waals surface area contributed by atoms with Gasteiger partial charge < -0.3 is 20.5 Å². The van der Waals surface area contributed by atoms with Gasteiger partial charge in [-0.15, -0.1) is 0 Å². The van der Waals surface area contributed by atoms with Crippen LogP contribution < -0.4 is 11.1 Å². The van der Waals surface area contributed by atoms with E-state index in [1.807, 2.05) is 0 Å². The molecule has 7 nitrogen and oxygen atoms in total. The summed E-state index contributed by atoms with van der Waals surface area (Å²) < 4.78 is 1.63. The van der Waals surface area contributed by atoms with E-state index >= 15 is 0 Å². The highest BCUT2D eigenvalue weighted by Gasteiger charge is 2.32. The van der Waals surface area contributed by atoms with Crippen LogP contribution in [0.25, 0.3) is 0 Å². The van der Waals surface area contributed by atoms with Crippen LogP contribution in [0.3, 0.4) is 0 Å². The van der Waals surface area contributed by atoms with E-state index in [9.17, 15) is 9.59 Å². The highest BCUT2D eigenvalue weighted by molar-refractivity contribution is 5.96. The number of nitrogens with one attached hydrogen (secondary N) is 1. The van der Waals surface area contributed by atoms with Crippen molar-refractivity contribution in [2.75, 3.05) is 19.6 Å². The molecule has 1 aliphatic heterocycles. The molecular formula is C10H15N5O2. The number of hydrogen-bond donors (Lipinski definition) is 2. The van der Waals surface area contributed by atoms with Crippen molar-refractivity contribution in [1.82, 2.24) is 19.8 Å². The van der Waals surface area contributed by atoms with E-state index < -0.39 is 11.9 Å². The predicted octanol–water partition coefficient (Wildman–Crippen LogP) is -1.68. The third kappa shape index (κ3) is 2.14. The number of piperazine rings is 1. The highest BCUT2D eigenvalue weighted by atomic mass is 16.2. The van der Waals surface area contributed by atoms with Gasteiger partial charge in [-0.2, -0.15) is 0 Å². The summed E-state index contributed by atoms with van der Waals surface area (Å²) in [5.41, 5.74) is 5.75. The van der Waals surface area contributed by atoms with Gasteiger partial charge in [-0.05, 0) is 0 Å². The van der Waals surface area contributed by atoms with Crippen LogP contribution in [0.5, 0.6) is 0 Å². The average Bonchev–Trinajstić information content (AvgIpc) is 2.74. The Balaban J connectivity index is 2.23. The van der Waals surface area contributed by atoms with Gasteiger partial charge in [0.25, 0.3) is 5.91 Å². The first-order valence-electron chi connectivity index (χ1n) is 5.38. The Morgan fingerprint density at radius 1 is 1.59 bits per heavy atom. The van der Waals surface area contributed by atoms with Gasteiger partial charge in [-0.3, -0.25) is 9.59 Å². The second kappa shape index (κ2) is 4.54. The van der Waals surface area contributed by atoms with Crippen LogP contribution in [0.15, 0.2) is 12.5 Å². The normalized spacial score (nSPS) is 20.3. The minimum absolute atomic E-state index is 0.213. The molecule has 2 rings (SSSR count). The number of nitrogens with zero attached hydrogens (tertiary/aromatic N) is 3. The van der Waals surface area contributed by atoms with Crippen LogP contribution in [0.1, 0.15) is 10.5 Å². The molecule has 7 heteroatoms. The van der Waals surface area contributed by atoms with Crippen LogP contribution in [0.4, 0.5) is 0 Å². The van der Waals surface area contributed by atoms with Gasteiger partial charge in [-0.1, -0.05) is 0 Å². The predicted molar refractivity (Wildman–Crippen MR) is 60.1 cm³/mol. The summed E-state index contributed by atoms with van der Waals surface area (Å²) >= 11 is 0. The summed E-state index contributed by atoms with van der Waals surface area (Å²) in [6.07, 6.45) is 3.04. The molecule has 17 heavy (non-hydrogen) atoms. The molecule has 0 radical (unpaired) electrons. The number of aromatic nitrogens is 2. The number of aryl methyl sites for hydroxylation is 1. The molecule has 1 aliphatic rings. The maximum Gasteiger partial charge on any atom is 0.272 e. The van der Waals surface area contributed by atoms with Crippen LogP contribution in [0, 0.1) is 0 Å². The van der Waals surface area contributed by atoms with Crippen molar-refractivity contribution in [1.29, 1.82) is 0 Å². The number of amides is 2. The zero-order valence-electron chi connectivity index (χ0n) is 9.59. The Hall–Kier alpha value is -1.89. The second-order valence-electron chi connectivity index (χ2n) is 4.01. The van der Waals surface area contributed by atoms with E-state index in [1.54, 1.807) is 17.9 Å². The number of imidazole rings is 1. The van der Waals surface area contributed by atoms with Gasteiger partial charge in [0.1, 0.15) is 11.7 Å². The summed E-state index contributed by atoms with van der Waals surface area (Å²) in [4.78, 5) is 28.9. The Morgan fingerprint density at radius 3 is 2.94 bits per heavy atom. The lowest BCUT2D eigenvalue weighted by atomic mass is 10.1. The van der Waals surface area contributed by atoms with Gasteiger partial charge in [-0.25, -0.2) is 4.98 Å². The smallest absolute Gasteiger partial charge is 0.272 e. The Bertz CT molecular complexity index is 442. The molecule has 0 spiro atoms.